The van der Waals surface area contributed by atoms with E-state index in [0.717, 1.165) is 53.6 Å². The Hall–Kier alpha value is -2.06. The lowest BCUT2D eigenvalue weighted by molar-refractivity contribution is -0.117. The maximum Gasteiger partial charge on any atom is 0.259 e. The van der Waals surface area contributed by atoms with Crippen LogP contribution in [0.5, 0.6) is 0 Å². The summed E-state index contributed by atoms with van der Waals surface area (Å²) in [6.07, 6.45) is 6.30. The van der Waals surface area contributed by atoms with E-state index >= 15 is 0 Å². The molecule has 0 aliphatic carbocycles. The second kappa shape index (κ2) is 6.21. The van der Waals surface area contributed by atoms with Crippen molar-refractivity contribution in [2.45, 2.75) is 12.5 Å². The van der Waals surface area contributed by atoms with Gasteiger partial charge >= 0.3 is 0 Å². The van der Waals surface area contributed by atoms with E-state index in [2.05, 4.69) is 25.6 Å². The molecule has 1 saturated heterocycles. The number of nitrogens with one attached hydrogen (secondary N) is 3. The van der Waals surface area contributed by atoms with Crippen LogP contribution in [0.15, 0.2) is 29.7 Å². The standard InChI is InChI=1S/C15H18N6OS/c22-15(20-10-1-3-16-7-10)12-8-21(5-6-23-12)14-11-2-4-17-13(11)18-9-19-14/h2,4,8-10,16H,1,3,5-7H2,(H,20,22)(H,17,18,19)/t10-/m1/s1. The van der Waals surface area contributed by atoms with Gasteiger partial charge in [0.1, 0.15) is 17.8 Å². The molecule has 8 heteroatoms. The zero-order valence-corrected chi connectivity index (χ0v) is 13.4. The molecule has 2 aromatic rings. The third kappa shape index (κ3) is 2.91. The molecule has 2 aliphatic rings. The van der Waals surface area contributed by atoms with Crippen LogP contribution in [0.3, 0.4) is 0 Å². The van der Waals surface area contributed by atoms with Crippen LogP contribution in [0.2, 0.25) is 0 Å². The Labute approximate surface area is 137 Å². The number of nitrogens with zero attached hydrogens (tertiary/aromatic N) is 3. The molecule has 2 aromatic heterocycles. The lowest BCUT2D eigenvalue weighted by Gasteiger charge is -2.26. The molecule has 4 rings (SSSR count). The summed E-state index contributed by atoms with van der Waals surface area (Å²) in [6, 6.07) is 2.19. The molecule has 0 unspecified atom stereocenters. The number of fused-ring (bicyclic) bond motifs is 1. The van der Waals surface area contributed by atoms with Gasteiger partial charge in [0.15, 0.2) is 0 Å². The van der Waals surface area contributed by atoms with E-state index in [4.69, 9.17) is 0 Å². The first-order valence-electron chi connectivity index (χ1n) is 7.72. The first-order valence-corrected chi connectivity index (χ1v) is 8.71. The summed E-state index contributed by atoms with van der Waals surface area (Å²) in [5.41, 5.74) is 0.810. The molecular weight excluding hydrogens is 312 g/mol. The number of rotatable bonds is 3. The van der Waals surface area contributed by atoms with Gasteiger partial charge in [-0.3, -0.25) is 4.79 Å². The number of amides is 1. The predicted molar refractivity (Wildman–Crippen MR) is 91.2 cm³/mol. The Kier molecular flexibility index (Phi) is 3.92. The minimum Gasteiger partial charge on any atom is -0.347 e. The van der Waals surface area contributed by atoms with Gasteiger partial charge in [-0.05, 0) is 19.0 Å². The maximum atomic E-state index is 12.5. The van der Waals surface area contributed by atoms with Crippen molar-refractivity contribution in [1.29, 1.82) is 0 Å². The first kappa shape index (κ1) is 14.5. The highest BCUT2D eigenvalue weighted by atomic mass is 32.2. The van der Waals surface area contributed by atoms with Crippen molar-refractivity contribution in [3.05, 3.63) is 29.7 Å². The predicted octanol–water partition coefficient (Wildman–Crippen LogP) is 0.831. The van der Waals surface area contributed by atoms with Gasteiger partial charge in [0.25, 0.3) is 5.91 Å². The molecule has 3 N–H and O–H groups in total. The average Bonchev–Trinajstić information content (AvgIpc) is 3.25. The van der Waals surface area contributed by atoms with Gasteiger partial charge in [-0.15, -0.1) is 11.8 Å². The molecule has 0 bridgehead atoms. The third-order valence-corrected chi connectivity index (χ3v) is 5.08. The SMILES string of the molecule is O=C(N[C@@H]1CCNC1)C1=CN(c2ncnc3[nH]ccc23)CCS1. The van der Waals surface area contributed by atoms with Crippen LogP contribution >= 0.6 is 11.8 Å². The fourth-order valence-corrected chi connectivity index (χ4v) is 3.81. The highest BCUT2D eigenvalue weighted by Crippen LogP contribution is 2.29. The van der Waals surface area contributed by atoms with E-state index in [1.807, 2.05) is 23.4 Å². The lowest BCUT2D eigenvalue weighted by Crippen LogP contribution is -2.38. The first-order chi connectivity index (χ1) is 11.3. The summed E-state index contributed by atoms with van der Waals surface area (Å²) in [6.45, 7) is 2.64. The molecule has 2 aliphatic heterocycles. The molecule has 0 aromatic carbocycles. The van der Waals surface area contributed by atoms with Crippen molar-refractivity contribution < 1.29 is 4.79 Å². The number of H-pyrrole nitrogens is 1. The number of thioether (sulfide) groups is 1. The van der Waals surface area contributed by atoms with Crippen LogP contribution in [0.4, 0.5) is 5.82 Å². The number of hydrogen-bond acceptors (Lipinski definition) is 6. The Morgan fingerprint density at radius 3 is 3.26 bits per heavy atom. The van der Waals surface area contributed by atoms with E-state index in [9.17, 15) is 4.79 Å². The monoisotopic (exact) mass is 330 g/mol. The number of aromatic amines is 1. The Morgan fingerprint density at radius 2 is 2.39 bits per heavy atom. The Morgan fingerprint density at radius 1 is 1.43 bits per heavy atom. The molecule has 120 valence electrons. The highest BCUT2D eigenvalue weighted by Gasteiger charge is 2.23. The minimum atomic E-state index is 0.00719. The van der Waals surface area contributed by atoms with Crippen LogP contribution in [0.25, 0.3) is 11.0 Å². The largest absolute Gasteiger partial charge is 0.347 e. The zero-order chi connectivity index (χ0) is 15.6. The molecule has 1 atom stereocenters. The van der Waals surface area contributed by atoms with Gasteiger partial charge in [-0.2, -0.15) is 0 Å². The van der Waals surface area contributed by atoms with Crippen molar-refractivity contribution in [1.82, 2.24) is 25.6 Å². The fourth-order valence-electron chi connectivity index (χ4n) is 2.91. The zero-order valence-electron chi connectivity index (χ0n) is 12.6. The minimum absolute atomic E-state index is 0.00719. The smallest absolute Gasteiger partial charge is 0.259 e. The number of carbonyl (C=O) groups excluding carboxylic acids is 1. The van der Waals surface area contributed by atoms with Crippen LogP contribution in [0.1, 0.15) is 6.42 Å². The molecule has 0 spiro atoms. The van der Waals surface area contributed by atoms with Crippen LogP contribution in [-0.2, 0) is 4.79 Å². The average molecular weight is 330 g/mol. The Bertz CT molecular complexity index is 751. The normalized spacial score (nSPS) is 21.5. The van der Waals surface area contributed by atoms with Crippen LogP contribution in [-0.4, -0.2) is 52.3 Å². The number of aromatic nitrogens is 3. The fraction of sp³-hybridized carbons (Fsp3) is 0.400. The summed E-state index contributed by atoms with van der Waals surface area (Å²) >= 11 is 1.60. The van der Waals surface area contributed by atoms with Gasteiger partial charge < -0.3 is 20.5 Å². The van der Waals surface area contributed by atoms with E-state index in [0.29, 0.717) is 0 Å². The van der Waals surface area contributed by atoms with E-state index in [-0.39, 0.29) is 11.9 Å². The van der Waals surface area contributed by atoms with Gasteiger partial charge in [0, 0.05) is 37.3 Å². The van der Waals surface area contributed by atoms with E-state index in [1.54, 1.807) is 18.1 Å². The number of anilines is 1. The third-order valence-electron chi connectivity index (χ3n) is 4.09. The summed E-state index contributed by atoms with van der Waals surface area (Å²) < 4.78 is 0. The second-order valence-electron chi connectivity index (χ2n) is 5.64. The van der Waals surface area contributed by atoms with E-state index in [1.165, 1.54) is 0 Å². The van der Waals surface area contributed by atoms with Crippen LogP contribution < -0.4 is 15.5 Å². The quantitative estimate of drug-likeness (QED) is 0.773. The van der Waals surface area contributed by atoms with E-state index < -0.39 is 0 Å². The second-order valence-corrected chi connectivity index (χ2v) is 6.77. The molecule has 0 saturated carbocycles. The molecule has 1 amide bonds. The number of hydrogen-bond donors (Lipinski definition) is 3. The summed E-state index contributed by atoms with van der Waals surface area (Å²) in [5.74, 6) is 1.70. The van der Waals surface area contributed by atoms with Gasteiger partial charge in [0.05, 0.1) is 10.3 Å². The van der Waals surface area contributed by atoms with Gasteiger partial charge in [-0.25, -0.2) is 9.97 Å². The molecular formula is C15H18N6OS. The maximum absolute atomic E-state index is 12.5. The molecule has 0 radical (unpaired) electrons. The summed E-state index contributed by atoms with van der Waals surface area (Å²) in [7, 11) is 0. The summed E-state index contributed by atoms with van der Waals surface area (Å²) in [4.78, 5) is 26.9. The van der Waals surface area contributed by atoms with Crippen LogP contribution in [0, 0.1) is 0 Å². The van der Waals surface area contributed by atoms with Crippen molar-refractivity contribution in [2.75, 3.05) is 30.3 Å². The van der Waals surface area contributed by atoms with Crippen molar-refractivity contribution in [3.8, 4) is 0 Å². The number of carbonyl (C=O) groups is 1. The molecule has 7 nitrogen and oxygen atoms in total. The van der Waals surface area contributed by atoms with Crippen molar-refractivity contribution in [2.24, 2.45) is 0 Å². The van der Waals surface area contributed by atoms with Gasteiger partial charge in [-0.1, -0.05) is 0 Å². The summed E-state index contributed by atoms with van der Waals surface area (Å²) in [5, 5.41) is 7.33. The molecule has 23 heavy (non-hydrogen) atoms. The molecule has 1 fully saturated rings. The highest BCUT2D eigenvalue weighted by molar-refractivity contribution is 8.04. The Balaban J connectivity index is 1.57. The van der Waals surface area contributed by atoms with Crippen molar-refractivity contribution >= 4 is 34.5 Å². The molecule has 4 heterocycles. The van der Waals surface area contributed by atoms with Crippen molar-refractivity contribution in [3.63, 3.8) is 0 Å². The van der Waals surface area contributed by atoms with Gasteiger partial charge in [0.2, 0.25) is 0 Å². The topological polar surface area (TPSA) is 85.9 Å². The lowest BCUT2D eigenvalue weighted by atomic mass is 10.2.